The molecular formula is C11H16N4O3. The van der Waals surface area contributed by atoms with Gasteiger partial charge in [0.1, 0.15) is 5.69 Å². The van der Waals surface area contributed by atoms with Crippen LogP contribution in [0.1, 0.15) is 18.5 Å². The number of rotatable bonds is 4. The van der Waals surface area contributed by atoms with Crippen LogP contribution in [-0.4, -0.2) is 40.8 Å². The highest BCUT2D eigenvalue weighted by Crippen LogP contribution is 2.16. The minimum Gasteiger partial charge on any atom is -0.476 e. The van der Waals surface area contributed by atoms with E-state index < -0.39 is 0 Å². The third-order valence-electron chi connectivity index (χ3n) is 2.81. The maximum absolute atomic E-state index is 8.48. The molecule has 98 valence electrons. The van der Waals surface area contributed by atoms with E-state index in [0.717, 1.165) is 26.1 Å². The predicted molar refractivity (Wildman–Crippen MR) is 63.6 cm³/mol. The van der Waals surface area contributed by atoms with Gasteiger partial charge in [0.15, 0.2) is 5.84 Å². The lowest BCUT2D eigenvalue weighted by molar-refractivity contribution is 0.0490. The molecular weight excluding hydrogens is 236 g/mol. The lowest BCUT2D eigenvalue weighted by Crippen LogP contribution is -2.22. The number of nitrogens with zero attached hydrogens (tertiary/aromatic N) is 3. The van der Waals surface area contributed by atoms with Gasteiger partial charge in [-0.05, 0) is 18.8 Å². The van der Waals surface area contributed by atoms with Crippen LogP contribution in [0.4, 0.5) is 0 Å². The Morgan fingerprint density at radius 2 is 2.22 bits per heavy atom. The highest BCUT2D eigenvalue weighted by atomic mass is 16.5. The van der Waals surface area contributed by atoms with Crippen LogP contribution in [0.5, 0.6) is 5.88 Å². The van der Waals surface area contributed by atoms with Gasteiger partial charge < -0.3 is 20.4 Å². The summed E-state index contributed by atoms with van der Waals surface area (Å²) in [4.78, 5) is 8.03. The summed E-state index contributed by atoms with van der Waals surface area (Å²) in [5, 5.41) is 11.3. The molecule has 3 N–H and O–H groups in total. The van der Waals surface area contributed by atoms with Gasteiger partial charge in [0.05, 0.1) is 19.0 Å². The fraction of sp³-hybridized carbons (Fsp3) is 0.545. The first kappa shape index (κ1) is 12.6. The van der Waals surface area contributed by atoms with Crippen LogP contribution in [0, 0.1) is 5.92 Å². The monoisotopic (exact) mass is 252 g/mol. The molecule has 7 nitrogen and oxygen atoms in total. The normalized spacial score (nSPS) is 17.7. The van der Waals surface area contributed by atoms with Gasteiger partial charge in [-0.3, -0.25) is 0 Å². The molecule has 1 fully saturated rings. The Hall–Kier alpha value is -1.89. The summed E-state index contributed by atoms with van der Waals surface area (Å²) >= 11 is 0. The zero-order chi connectivity index (χ0) is 12.8. The molecule has 1 aliphatic rings. The van der Waals surface area contributed by atoms with Crippen LogP contribution < -0.4 is 10.5 Å². The molecule has 7 heteroatoms. The van der Waals surface area contributed by atoms with Gasteiger partial charge >= 0.3 is 0 Å². The summed E-state index contributed by atoms with van der Waals surface area (Å²) in [7, 11) is 0. The number of hydrogen-bond acceptors (Lipinski definition) is 6. The molecule has 18 heavy (non-hydrogen) atoms. The number of oxime groups is 1. The maximum Gasteiger partial charge on any atom is 0.232 e. The molecule has 0 radical (unpaired) electrons. The lowest BCUT2D eigenvalue weighted by Gasteiger charge is -2.21. The molecule has 1 aromatic rings. The van der Waals surface area contributed by atoms with Crippen molar-refractivity contribution in [3.8, 4) is 5.88 Å². The predicted octanol–water partition coefficient (Wildman–Crippen LogP) is 0.376. The first-order chi connectivity index (χ1) is 8.79. The van der Waals surface area contributed by atoms with Crippen LogP contribution in [-0.2, 0) is 4.74 Å². The minimum atomic E-state index is -0.0709. The number of amidine groups is 1. The van der Waals surface area contributed by atoms with E-state index in [1.165, 1.54) is 12.4 Å². The van der Waals surface area contributed by atoms with Crippen molar-refractivity contribution in [2.75, 3.05) is 19.8 Å². The minimum absolute atomic E-state index is 0.0709. The number of hydrogen-bond donors (Lipinski definition) is 2. The molecule has 1 aromatic heterocycles. The third kappa shape index (κ3) is 3.30. The van der Waals surface area contributed by atoms with Gasteiger partial charge in [0, 0.05) is 13.2 Å². The number of aromatic nitrogens is 2. The number of nitrogens with two attached hydrogens (primary N) is 1. The fourth-order valence-corrected chi connectivity index (χ4v) is 1.69. The molecule has 0 saturated carbocycles. The molecule has 2 rings (SSSR count). The second-order valence-corrected chi connectivity index (χ2v) is 4.09. The van der Waals surface area contributed by atoms with E-state index in [4.69, 9.17) is 20.4 Å². The maximum atomic E-state index is 8.48. The van der Waals surface area contributed by atoms with Gasteiger partial charge in [0.2, 0.25) is 5.88 Å². The zero-order valence-electron chi connectivity index (χ0n) is 9.95. The highest BCUT2D eigenvalue weighted by molar-refractivity contribution is 5.94. The fourth-order valence-electron chi connectivity index (χ4n) is 1.69. The van der Waals surface area contributed by atoms with E-state index >= 15 is 0 Å². The van der Waals surface area contributed by atoms with Crippen LogP contribution in [0.3, 0.4) is 0 Å². The third-order valence-corrected chi connectivity index (χ3v) is 2.81. The van der Waals surface area contributed by atoms with Gasteiger partial charge in [-0.25, -0.2) is 9.97 Å². The summed E-state index contributed by atoms with van der Waals surface area (Å²) in [6.07, 6.45) is 4.90. The van der Waals surface area contributed by atoms with Gasteiger partial charge in [-0.2, -0.15) is 0 Å². The van der Waals surface area contributed by atoms with Crippen LogP contribution in [0.2, 0.25) is 0 Å². The highest BCUT2D eigenvalue weighted by Gasteiger charge is 2.14. The zero-order valence-corrected chi connectivity index (χ0v) is 9.95. The average molecular weight is 252 g/mol. The largest absolute Gasteiger partial charge is 0.476 e. The summed E-state index contributed by atoms with van der Waals surface area (Å²) in [6, 6.07) is 0. The molecule has 0 aliphatic carbocycles. The SMILES string of the molecule is NC(=NO)c1cnc(OCC2CCOCC2)cn1. The van der Waals surface area contributed by atoms with Crippen molar-refractivity contribution in [3.63, 3.8) is 0 Å². The molecule has 0 amide bonds. The van der Waals surface area contributed by atoms with Gasteiger partial charge in [-0.1, -0.05) is 5.16 Å². The van der Waals surface area contributed by atoms with Crippen molar-refractivity contribution in [1.29, 1.82) is 0 Å². The summed E-state index contributed by atoms with van der Waals surface area (Å²) in [6.45, 7) is 2.20. The van der Waals surface area contributed by atoms with E-state index in [1.807, 2.05) is 0 Å². The molecule has 0 spiro atoms. The second-order valence-electron chi connectivity index (χ2n) is 4.09. The molecule has 1 saturated heterocycles. The van der Waals surface area contributed by atoms with E-state index in [9.17, 15) is 0 Å². The Morgan fingerprint density at radius 3 is 2.83 bits per heavy atom. The van der Waals surface area contributed by atoms with E-state index in [0.29, 0.717) is 24.1 Å². The van der Waals surface area contributed by atoms with Gasteiger partial charge in [-0.15, -0.1) is 0 Å². The Balaban J connectivity index is 1.86. The second kappa shape index (κ2) is 6.15. The van der Waals surface area contributed by atoms with Crippen molar-refractivity contribution in [2.24, 2.45) is 16.8 Å². The Bertz CT molecular complexity index is 401. The van der Waals surface area contributed by atoms with Crippen LogP contribution in [0.15, 0.2) is 17.5 Å². The van der Waals surface area contributed by atoms with Crippen molar-refractivity contribution < 1.29 is 14.7 Å². The first-order valence-electron chi connectivity index (χ1n) is 5.80. The average Bonchev–Trinajstić information content (AvgIpc) is 2.46. The standard InChI is InChI=1S/C11H16N4O3/c12-11(15-16)9-5-14-10(6-13-9)18-7-8-1-3-17-4-2-8/h5-6,8,16H,1-4,7H2,(H2,12,15). The Morgan fingerprint density at radius 1 is 1.44 bits per heavy atom. The van der Waals surface area contributed by atoms with Gasteiger partial charge in [0.25, 0.3) is 0 Å². The molecule has 2 heterocycles. The molecule has 0 atom stereocenters. The van der Waals surface area contributed by atoms with Crippen molar-refractivity contribution >= 4 is 5.84 Å². The number of ether oxygens (including phenoxy) is 2. The first-order valence-corrected chi connectivity index (χ1v) is 5.80. The Kier molecular flexibility index (Phi) is 4.30. The topological polar surface area (TPSA) is 103 Å². The summed E-state index contributed by atoms with van der Waals surface area (Å²) in [5.74, 6) is 0.874. The summed E-state index contributed by atoms with van der Waals surface area (Å²) in [5.41, 5.74) is 5.69. The quantitative estimate of drug-likeness (QED) is 0.347. The van der Waals surface area contributed by atoms with E-state index in [1.54, 1.807) is 0 Å². The summed E-state index contributed by atoms with van der Waals surface area (Å²) < 4.78 is 10.8. The van der Waals surface area contributed by atoms with Crippen LogP contribution in [0.25, 0.3) is 0 Å². The van der Waals surface area contributed by atoms with E-state index in [-0.39, 0.29) is 5.84 Å². The smallest absolute Gasteiger partial charge is 0.232 e. The van der Waals surface area contributed by atoms with Crippen molar-refractivity contribution in [3.05, 3.63) is 18.1 Å². The molecule has 0 bridgehead atoms. The van der Waals surface area contributed by atoms with Crippen LogP contribution >= 0.6 is 0 Å². The van der Waals surface area contributed by atoms with Crippen molar-refractivity contribution in [1.82, 2.24) is 9.97 Å². The van der Waals surface area contributed by atoms with E-state index in [2.05, 4.69) is 15.1 Å². The lowest BCUT2D eigenvalue weighted by atomic mass is 10.0. The molecule has 0 unspecified atom stereocenters. The Labute approximate surface area is 105 Å². The molecule has 0 aromatic carbocycles. The van der Waals surface area contributed by atoms with Crippen molar-refractivity contribution in [2.45, 2.75) is 12.8 Å². The molecule has 1 aliphatic heterocycles.